The summed E-state index contributed by atoms with van der Waals surface area (Å²) in [6.07, 6.45) is 3.32. The Morgan fingerprint density at radius 3 is 2.57 bits per heavy atom. The number of rotatable bonds is 1. The molecule has 3 nitrogen and oxygen atoms in total. The first-order valence-corrected chi connectivity index (χ1v) is 4.79. The zero-order valence-corrected chi connectivity index (χ0v) is 8.77. The average Bonchev–Trinajstić information content (AvgIpc) is 2.67. The highest BCUT2D eigenvalue weighted by Crippen LogP contribution is 2.13. The molecular formula is C10H6BrN3. The number of hydrogen-bond acceptors (Lipinski definition) is 2. The van der Waals surface area contributed by atoms with Gasteiger partial charge in [-0.2, -0.15) is 5.26 Å². The molecule has 0 saturated carbocycles. The van der Waals surface area contributed by atoms with Crippen LogP contribution in [0.3, 0.4) is 0 Å². The van der Waals surface area contributed by atoms with Gasteiger partial charge in [-0.15, -0.1) is 0 Å². The Labute approximate surface area is 89.8 Å². The van der Waals surface area contributed by atoms with Crippen LogP contribution in [0, 0.1) is 11.3 Å². The molecule has 68 valence electrons. The van der Waals surface area contributed by atoms with Crippen molar-refractivity contribution < 1.29 is 0 Å². The van der Waals surface area contributed by atoms with Crippen LogP contribution in [-0.4, -0.2) is 9.55 Å². The van der Waals surface area contributed by atoms with Gasteiger partial charge in [0.25, 0.3) is 0 Å². The smallest absolute Gasteiger partial charge is 0.158 e. The van der Waals surface area contributed by atoms with Gasteiger partial charge in [-0.05, 0) is 24.3 Å². The van der Waals surface area contributed by atoms with Crippen LogP contribution < -0.4 is 0 Å². The van der Waals surface area contributed by atoms with Gasteiger partial charge in [-0.1, -0.05) is 15.9 Å². The molecule has 1 heterocycles. The van der Waals surface area contributed by atoms with Crippen LogP contribution in [0.5, 0.6) is 0 Å². The lowest BCUT2D eigenvalue weighted by molar-refractivity contribution is 1.06. The molecular weight excluding hydrogens is 242 g/mol. The summed E-state index contributed by atoms with van der Waals surface area (Å²) in [5.41, 5.74) is 1.41. The summed E-state index contributed by atoms with van der Waals surface area (Å²) >= 11 is 3.36. The van der Waals surface area contributed by atoms with E-state index in [0.29, 0.717) is 5.69 Å². The summed E-state index contributed by atoms with van der Waals surface area (Å²) < 4.78 is 2.84. The molecule has 1 aromatic heterocycles. The van der Waals surface area contributed by atoms with E-state index in [-0.39, 0.29) is 0 Å². The predicted octanol–water partition coefficient (Wildman–Crippen LogP) is 2.51. The minimum atomic E-state index is 0.424. The highest BCUT2D eigenvalue weighted by atomic mass is 79.9. The van der Waals surface area contributed by atoms with Crippen LogP contribution in [0.2, 0.25) is 0 Å². The lowest BCUT2D eigenvalue weighted by Crippen LogP contribution is -1.88. The molecule has 0 atom stereocenters. The van der Waals surface area contributed by atoms with Crippen molar-refractivity contribution in [3.05, 3.63) is 47.0 Å². The molecule has 0 aliphatic heterocycles. The normalized spacial score (nSPS) is 9.71. The third-order valence-corrected chi connectivity index (χ3v) is 2.35. The third kappa shape index (κ3) is 1.68. The predicted molar refractivity (Wildman–Crippen MR) is 56.0 cm³/mol. The Hall–Kier alpha value is -1.60. The van der Waals surface area contributed by atoms with Crippen LogP contribution in [0.4, 0.5) is 0 Å². The van der Waals surface area contributed by atoms with Gasteiger partial charge < -0.3 is 4.57 Å². The SMILES string of the molecule is N#Cc1cn(-c2ccc(Br)cc2)cn1. The van der Waals surface area contributed by atoms with Gasteiger partial charge in [0.05, 0.1) is 0 Å². The molecule has 0 aliphatic rings. The second-order valence-electron chi connectivity index (χ2n) is 2.75. The standard InChI is InChI=1S/C10H6BrN3/c11-8-1-3-10(4-2-8)14-6-9(5-12)13-7-14/h1-4,6-7H. The minimum absolute atomic E-state index is 0.424. The maximum Gasteiger partial charge on any atom is 0.158 e. The Bertz CT molecular complexity index is 479. The van der Waals surface area contributed by atoms with Crippen molar-refractivity contribution >= 4 is 15.9 Å². The van der Waals surface area contributed by atoms with E-state index < -0.39 is 0 Å². The lowest BCUT2D eigenvalue weighted by Gasteiger charge is -2.00. The molecule has 0 bridgehead atoms. The molecule has 0 radical (unpaired) electrons. The Balaban J connectivity index is 2.40. The first kappa shape index (κ1) is 8.97. The van der Waals surface area contributed by atoms with Crippen LogP contribution in [-0.2, 0) is 0 Å². The first-order chi connectivity index (χ1) is 6.79. The number of nitriles is 1. The van der Waals surface area contributed by atoms with Gasteiger partial charge in [0, 0.05) is 16.4 Å². The minimum Gasteiger partial charge on any atom is -0.305 e. The van der Waals surface area contributed by atoms with Gasteiger partial charge in [-0.25, -0.2) is 4.98 Å². The fourth-order valence-corrected chi connectivity index (χ4v) is 1.40. The summed E-state index contributed by atoms with van der Waals surface area (Å²) in [7, 11) is 0. The zero-order chi connectivity index (χ0) is 9.97. The van der Waals surface area contributed by atoms with Crippen LogP contribution in [0.1, 0.15) is 5.69 Å². The number of hydrogen-bond donors (Lipinski definition) is 0. The molecule has 0 spiro atoms. The van der Waals surface area contributed by atoms with Crippen LogP contribution >= 0.6 is 15.9 Å². The number of benzene rings is 1. The van der Waals surface area contributed by atoms with E-state index in [9.17, 15) is 0 Å². The summed E-state index contributed by atoms with van der Waals surface area (Å²) in [5, 5.41) is 8.61. The molecule has 2 rings (SSSR count). The fourth-order valence-electron chi connectivity index (χ4n) is 1.13. The molecule has 0 aliphatic carbocycles. The van der Waals surface area contributed by atoms with Gasteiger partial charge in [0.15, 0.2) is 5.69 Å². The zero-order valence-electron chi connectivity index (χ0n) is 7.18. The highest BCUT2D eigenvalue weighted by molar-refractivity contribution is 9.10. The highest BCUT2D eigenvalue weighted by Gasteiger charge is 1.98. The second-order valence-corrected chi connectivity index (χ2v) is 3.67. The van der Waals surface area contributed by atoms with Crippen molar-refractivity contribution in [3.63, 3.8) is 0 Å². The molecule has 1 aromatic carbocycles. The molecule has 2 aromatic rings. The van der Waals surface area contributed by atoms with Crippen molar-refractivity contribution in [1.82, 2.24) is 9.55 Å². The topological polar surface area (TPSA) is 41.6 Å². The number of halogens is 1. The number of aromatic nitrogens is 2. The maximum absolute atomic E-state index is 8.61. The van der Waals surface area contributed by atoms with Gasteiger partial charge in [-0.3, -0.25) is 0 Å². The average molecular weight is 248 g/mol. The van der Waals surface area contributed by atoms with E-state index in [1.807, 2.05) is 34.9 Å². The molecule has 4 heteroatoms. The van der Waals surface area contributed by atoms with Crippen molar-refractivity contribution in [2.45, 2.75) is 0 Å². The molecule has 0 N–H and O–H groups in total. The summed E-state index contributed by atoms with van der Waals surface area (Å²) in [6, 6.07) is 9.78. The molecule has 0 saturated heterocycles. The van der Waals surface area contributed by atoms with Crippen molar-refractivity contribution in [1.29, 1.82) is 5.26 Å². The first-order valence-electron chi connectivity index (χ1n) is 3.99. The van der Waals surface area contributed by atoms with E-state index in [2.05, 4.69) is 20.9 Å². The Kier molecular flexibility index (Phi) is 2.33. The van der Waals surface area contributed by atoms with Crippen molar-refractivity contribution in [3.8, 4) is 11.8 Å². The van der Waals surface area contributed by atoms with Gasteiger partial charge >= 0.3 is 0 Å². The van der Waals surface area contributed by atoms with E-state index >= 15 is 0 Å². The molecule has 0 amide bonds. The second kappa shape index (κ2) is 3.64. The summed E-state index contributed by atoms with van der Waals surface area (Å²) in [4.78, 5) is 3.92. The Morgan fingerprint density at radius 2 is 2.00 bits per heavy atom. The maximum atomic E-state index is 8.61. The van der Waals surface area contributed by atoms with Crippen LogP contribution in [0.15, 0.2) is 41.3 Å². The van der Waals surface area contributed by atoms with Gasteiger partial charge in [0.2, 0.25) is 0 Å². The van der Waals surface area contributed by atoms with E-state index in [0.717, 1.165) is 10.2 Å². The molecule has 14 heavy (non-hydrogen) atoms. The van der Waals surface area contributed by atoms with E-state index in [4.69, 9.17) is 5.26 Å². The van der Waals surface area contributed by atoms with Crippen molar-refractivity contribution in [2.24, 2.45) is 0 Å². The monoisotopic (exact) mass is 247 g/mol. The van der Waals surface area contributed by atoms with Crippen LogP contribution in [0.25, 0.3) is 5.69 Å². The van der Waals surface area contributed by atoms with E-state index in [1.165, 1.54) is 0 Å². The largest absolute Gasteiger partial charge is 0.305 e. The summed E-state index contributed by atoms with van der Waals surface area (Å²) in [6.45, 7) is 0. The Morgan fingerprint density at radius 1 is 1.29 bits per heavy atom. The number of imidazole rings is 1. The lowest BCUT2D eigenvalue weighted by atomic mass is 10.3. The third-order valence-electron chi connectivity index (χ3n) is 1.82. The van der Waals surface area contributed by atoms with Gasteiger partial charge in [0.1, 0.15) is 12.4 Å². The summed E-state index contributed by atoms with van der Waals surface area (Å²) in [5.74, 6) is 0. The van der Waals surface area contributed by atoms with Crippen molar-refractivity contribution in [2.75, 3.05) is 0 Å². The number of nitrogens with zero attached hydrogens (tertiary/aromatic N) is 3. The molecule has 0 fully saturated rings. The quantitative estimate of drug-likeness (QED) is 0.777. The molecule has 0 unspecified atom stereocenters. The van der Waals surface area contributed by atoms with E-state index in [1.54, 1.807) is 12.5 Å². The fraction of sp³-hybridized carbons (Fsp3) is 0.